The van der Waals surface area contributed by atoms with Gasteiger partial charge in [0.15, 0.2) is 0 Å². The first-order valence-electron chi connectivity index (χ1n) is 6.52. The number of piperazine rings is 1. The molecule has 0 bridgehead atoms. The van der Waals surface area contributed by atoms with E-state index in [1.165, 1.54) is 17.0 Å². The zero-order valence-corrected chi connectivity index (χ0v) is 13.0. The van der Waals surface area contributed by atoms with Gasteiger partial charge in [0.25, 0.3) is 0 Å². The molecule has 0 atom stereocenters. The van der Waals surface area contributed by atoms with E-state index in [9.17, 15) is 18.0 Å². The van der Waals surface area contributed by atoms with E-state index in [1.54, 1.807) is 6.07 Å². The van der Waals surface area contributed by atoms with Crippen LogP contribution in [0.15, 0.2) is 22.7 Å². The van der Waals surface area contributed by atoms with Crippen molar-refractivity contribution in [2.45, 2.75) is 13.0 Å². The van der Waals surface area contributed by atoms with Gasteiger partial charge in [-0.2, -0.15) is 0 Å². The van der Waals surface area contributed by atoms with E-state index in [4.69, 9.17) is 4.74 Å². The fourth-order valence-corrected chi connectivity index (χ4v) is 2.29. The van der Waals surface area contributed by atoms with Crippen LogP contribution in [0.3, 0.4) is 0 Å². The van der Waals surface area contributed by atoms with Gasteiger partial charge in [-0.3, -0.25) is 0 Å². The van der Waals surface area contributed by atoms with Crippen LogP contribution in [-0.2, 0) is 11.3 Å². The highest BCUT2D eigenvalue weighted by Gasteiger charge is 2.32. The van der Waals surface area contributed by atoms with E-state index in [0.29, 0.717) is 30.7 Å². The number of carbonyl (C=O) groups excluding carboxylic acids is 1. The summed E-state index contributed by atoms with van der Waals surface area (Å²) in [5.74, 6) is -0.394. The summed E-state index contributed by atoms with van der Waals surface area (Å²) >= 11 is 3.08. The minimum Gasteiger partial charge on any atom is -0.444 e. The molecular weight excluding hydrogens is 369 g/mol. The number of nitrogens with zero attached hydrogens (tertiary/aromatic N) is 1. The standard InChI is InChI=1S/C13H14BrF3N2O3/c14-10-2-1-9(11(7-10)22-13(15,16)17)8-21-12(20)19-5-3-18-4-6-19/h1-2,7,18H,3-6,8H2. The summed E-state index contributed by atoms with van der Waals surface area (Å²) in [5, 5.41) is 3.08. The summed E-state index contributed by atoms with van der Waals surface area (Å²) in [6.07, 6.45) is -5.36. The number of hydrogen-bond donors (Lipinski definition) is 1. The molecule has 0 aromatic heterocycles. The van der Waals surface area contributed by atoms with E-state index in [0.717, 1.165) is 0 Å². The van der Waals surface area contributed by atoms with Crippen LogP contribution < -0.4 is 10.1 Å². The van der Waals surface area contributed by atoms with Gasteiger partial charge in [-0.15, -0.1) is 13.2 Å². The lowest BCUT2D eigenvalue weighted by molar-refractivity contribution is -0.275. The van der Waals surface area contributed by atoms with Gasteiger partial charge in [0.05, 0.1) is 0 Å². The molecule has 1 saturated heterocycles. The number of halogens is 4. The molecule has 5 nitrogen and oxygen atoms in total. The first kappa shape index (κ1) is 16.9. The molecule has 0 saturated carbocycles. The lowest BCUT2D eigenvalue weighted by atomic mass is 10.2. The predicted octanol–water partition coefficient (Wildman–Crippen LogP) is 2.89. The van der Waals surface area contributed by atoms with E-state index in [2.05, 4.69) is 26.0 Å². The number of hydrogen-bond acceptors (Lipinski definition) is 4. The largest absolute Gasteiger partial charge is 0.573 e. The quantitative estimate of drug-likeness (QED) is 0.873. The van der Waals surface area contributed by atoms with Crippen LogP contribution in [-0.4, -0.2) is 43.5 Å². The topological polar surface area (TPSA) is 50.8 Å². The van der Waals surface area contributed by atoms with Crippen molar-refractivity contribution in [2.24, 2.45) is 0 Å². The van der Waals surface area contributed by atoms with Crippen molar-refractivity contribution in [3.8, 4) is 5.75 Å². The maximum absolute atomic E-state index is 12.4. The summed E-state index contributed by atoms with van der Waals surface area (Å²) in [7, 11) is 0. The second-order valence-electron chi connectivity index (χ2n) is 4.59. The third kappa shape index (κ3) is 5.06. The van der Waals surface area contributed by atoms with E-state index in [1.807, 2.05) is 0 Å². The molecule has 0 radical (unpaired) electrons. The van der Waals surface area contributed by atoms with Crippen molar-refractivity contribution in [3.63, 3.8) is 0 Å². The highest BCUT2D eigenvalue weighted by molar-refractivity contribution is 9.10. The molecule has 2 rings (SSSR count). The number of ether oxygens (including phenoxy) is 2. The number of alkyl halides is 3. The molecule has 1 heterocycles. The normalized spacial score (nSPS) is 15.5. The lowest BCUT2D eigenvalue weighted by Gasteiger charge is -2.26. The SMILES string of the molecule is O=C(OCc1ccc(Br)cc1OC(F)(F)F)N1CCNCC1. The minimum absolute atomic E-state index is 0.143. The molecular formula is C13H14BrF3N2O3. The molecule has 1 aromatic carbocycles. The summed E-state index contributed by atoms with van der Waals surface area (Å²) in [5.41, 5.74) is 0.143. The Kier molecular flexibility index (Phi) is 5.52. The molecule has 0 unspecified atom stereocenters. The van der Waals surface area contributed by atoms with Gasteiger partial charge in [-0.25, -0.2) is 4.79 Å². The maximum atomic E-state index is 12.4. The van der Waals surface area contributed by atoms with E-state index >= 15 is 0 Å². The Hall–Kier alpha value is -1.48. The van der Waals surface area contributed by atoms with E-state index in [-0.39, 0.29) is 12.2 Å². The first-order chi connectivity index (χ1) is 10.3. The van der Waals surface area contributed by atoms with Crippen molar-refractivity contribution >= 4 is 22.0 Å². The number of amides is 1. The highest BCUT2D eigenvalue weighted by atomic mass is 79.9. The molecule has 1 amide bonds. The Morgan fingerprint density at radius 1 is 1.32 bits per heavy atom. The Bertz CT molecular complexity index is 534. The van der Waals surface area contributed by atoms with Crippen LogP contribution in [0, 0.1) is 0 Å². The van der Waals surface area contributed by atoms with Crippen molar-refractivity contribution < 1.29 is 27.4 Å². The lowest BCUT2D eigenvalue weighted by Crippen LogP contribution is -2.46. The second-order valence-corrected chi connectivity index (χ2v) is 5.51. The molecule has 1 aliphatic rings. The van der Waals surface area contributed by atoms with Crippen LogP contribution in [0.4, 0.5) is 18.0 Å². The molecule has 1 fully saturated rings. The molecule has 22 heavy (non-hydrogen) atoms. The number of benzene rings is 1. The minimum atomic E-state index is -4.81. The van der Waals surface area contributed by atoms with Crippen LogP contribution in [0.2, 0.25) is 0 Å². The van der Waals surface area contributed by atoms with Crippen LogP contribution in [0.1, 0.15) is 5.56 Å². The van der Waals surface area contributed by atoms with Gasteiger partial charge in [0.2, 0.25) is 0 Å². The van der Waals surface area contributed by atoms with Crippen LogP contribution in [0.5, 0.6) is 5.75 Å². The smallest absolute Gasteiger partial charge is 0.444 e. The summed E-state index contributed by atoms with van der Waals surface area (Å²) in [6.45, 7) is 2.04. The number of carbonyl (C=O) groups is 1. The van der Waals surface area contributed by atoms with Gasteiger partial charge >= 0.3 is 12.5 Å². The second kappa shape index (κ2) is 7.19. The van der Waals surface area contributed by atoms with Gasteiger partial charge in [0.1, 0.15) is 12.4 Å². The van der Waals surface area contributed by atoms with Crippen molar-refractivity contribution in [1.29, 1.82) is 0 Å². The van der Waals surface area contributed by atoms with Gasteiger partial charge < -0.3 is 19.7 Å². The molecule has 122 valence electrons. The summed E-state index contributed by atoms with van der Waals surface area (Å²) in [6, 6.07) is 4.15. The number of nitrogens with one attached hydrogen (secondary N) is 1. The van der Waals surface area contributed by atoms with Crippen molar-refractivity contribution in [1.82, 2.24) is 10.2 Å². The zero-order chi connectivity index (χ0) is 16.2. The van der Waals surface area contributed by atoms with Crippen LogP contribution >= 0.6 is 15.9 Å². The average molecular weight is 383 g/mol. The molecule has 0 aliphatic carbocycles. The van der Waals surface area contributed by atoms with Crippen molar-refractivity contribution in [2.75, 3.05) is 26.2 Å². The zero-order valence-electron chi connectivity index (χ0n) is 11.5. The highest BCUT2D eigenvalue weighted by Crippen LogP contribution is 2.30. The van der Waals surface area contributed by atoms with E-state index < -0.39 is 18.2 Å². The van der Waals surface area contributed by atoms with Crippen LogP contribution in [0.25, 0.3) is 0 Å². The molecule has 1 aromatic rings. The first-order valence-corrected chi connectivity index (χ1v) is 7.31. The van der Waals surface area contributed by atoms with Gasteiger partial charge in [-0.05, 0) is 12.1 Å². The van der Waals surface area contributed by atoms with Gasteiger partial charge in [-0.1, -0.05) is 22.0 Å². The third-order valence-electron chi connectivity index (χ3n) is 2.98. The fraction of sp³-hybridized carbons (Fsp3) is 0.462. The Morgan fingerprint density at radius 3 is 2.64 bits per heavy atom. The summed E-state index contributed by atoms with van der Waals surface area (Å²) < 4.78 is 46.6. The Labute approximate surface area is 133 Å². The summed E-state index contributed by atoms with van der Waals surface area (Å²) in [4.78, 5) is 13.3. The van der Waals surface area contributed by atoms with Crippen molar-refractivity contribution in [3.05, 3.63) is 28.2 Å². The molecule has 0 spiro atoms. The monoisotopic (exact) mass is 382 g/mol. The third-order valence-corrected chi connectivity index (χ3v) is 3.47. The molecule has 1 N–H and O–H groups in total. The molecule has 1 aliphatic heterocycles. The Balaban J connectivity index is 2.01. The Morgan fingerprint density at radius 2 is 2.00 bits per heavy atom. The molecule has 9 heteroatoms. The average Bonchev–Trinajstić information content (AvgIpc) is 2.45. The number of rotatable bonds is 3. The predicted molar refractivity (Wildman–Crippen MR) is 75.5 cm³/mol. The van der Waals surface area contributed by atoms with Gasteiger partial charge in [0, 0.05) is 36.2 Å². The maximum Gasteiger partial charge on any atom is 0.573 e. The fourth-order valence-electron chi connectivity index (χ4n) is 1.95.